The highest BCUT2D eigenvalue weighted by Gasteiger charge is 2.45. The van der Waals surface area contributed by atoms with Crippen molar-refractivity contribution in [1.29, 1.82) is 0 Å². The van der Waals surface area contributed by atoms with E-state index in [-0.39, 0.29) is 25.3 Å². The summed E-state index contributed by atoms with van der Waals surface area (Å²) in [6.07, 6.45) is 6.79. The maximum absolute atomic E-state index is 14.7. The van der Waals surface area contributed by atoms with Gasteiger partial charge in [-0.15, -0.1) is 5.10 Å². The molecule has 8 N–H and O–H groups in total. The Morgan fingerprint density at radius 1 is 1.02 bits per heavy atom. The number of likely N-dealkylation sites (tertiary alicyclic amines) is 1. The number of primary amides is 1. The van der Waals surface area contributed by atoms with Crippen molar-refractivity contribution in [2.24, 2.45) is 17.4 Å². The van der Waals surface area contributed by atoms with Crippen LogP contribution in [0.1, 0.15) is 100 Å². The zero-order valence-electron chi connectivity index (χ0n) is 29.5. The van der Waals surface area contributed by atoms with Gasteiger partial charge in [-0.3, -0.25) is 19.2 Å². The first-order chi connectivity index (χ1) is 24.4. The predicted molar refractivity (Wildman–Crippen MR) is 191 cm³/mol. The van der Waals surface area contributed by atoms with Gasteiger partial charge < -0.3 is 37.2 Å². The van der Waals surface area contributed by atoms with Gasteiger partial charge in [0.05, 0.1) is 24.0 Å². The van der Waals surface area contributed by atoms with E-state index >= 15 is 0 Å². The maximum atomic E-state index is 14.7. The molecule has 2 aliphatic rings. The standard InChI is InChI=1S/C37H52N8O6/c1-37(2,51)31-21-40-43-45(31)27-20-30(35(49)41-28(14-8-9-17-38)32(46)33(39)47)44(22-27)36(50)29(18-23-10-4-3-5-11-23)42-34(48)26-16-15-24-12-6-7-13-25(24)19-26/h6-7,12-13,15-16,19,21,23,27-30,32,46,51H,3-5,8-11,14,17-18,20,22,38H2,1-2H3,(H2,39,47)(H,41,49)(H,42,48)/t27-,28?,29?,30-,32?/m0/s1. The first-order valence-electron chi connectivity index (χ1n) is 18.1. The Hall–Kier alpha value is -4.40. The van der Waals surface area contributed by atoms with Crippen LogP contribution in [0.4, 0.5) is 0 Å². The summed E-state index contributed by atoms with van der Waals surface area (Å²) in [7, 11) is 0. The molecule has 2 heterocycles. The van der Waals surface area contributed by atoms with Gasteiger partial charge in [-0.05, 0) is 68.5 Å². The number of aromatic nitrogens is 3. The first kappa shape index (κ1) is 37.8. The monoisotopic (exact) mass is 704 g/mol. The number of fused-ring (bicyclic) bond motifs is 1. The smallest absolute Gasteiger partial charge is 0.251 e. The lowest BCUT2D eigenvalue weighted by molar-refractivity contribution is -0.141. The van der Waals surface area contributed by atoms with Crippen LogP contribution in [0.3, 0.4) is 0 Å². The second-order valence-corrected chi connectivity index (χ2v) is 14.6. The van der Waals surface area contributed by atoms with Crippen LogP contribution in [-0.4, -0.2) is 91.1 Å². The largest absolute Gasteiger partial charge is 0.384 e. The Kier molecular flexibility index (Phi) is 12.4. The number of benzene rings is 2. The molecule has 1 aromatic heterocycles. The summed E-state index contributed by atoms with van der Waals surface area (Å²) in [6.45, 7) is 3.65. The number of carbonyl (C=O) groups excluding carboxylic acids is 4. The van der Waals surface area contributed by atoms with Crippen molar-refractivity contribution in [2.45, 2.75) is 114 Å². The molecule has 0 spiro atoms. The summed E-state index contributed by atoms with van der Waals surface area (Å²) in [4.78, 5) is 56.1. The molecule has 1 saturated heterocycles. The number of aliphatic hydroxyl groups is 2. The van der Waals surface area contributed by atoms with Crippen LogP contribution >= 0.6 is 0 Å². The number of nitrogens with two attached hydrogens (primary N) is 2. The van der Waals surface area contributed by atoms with Crippen LogP contribution in [0.2, 0.25) is 0 Å². The van der Waals surface area contributed by atoms with E-state index in [2.05, 4.69) is 20.9 Å². The summed E-state index contributed by atoms with van der Waals surface area (Å²) < 4.78 is 1.54. The Balaban J connectivity index is 1.46. The van der Waals surface area contributed by atoms with E-state index in [1.54, 1.807) is 26.0 Å². The number of rotatable bonds is 15. The van der Waals surface area contributed by atoms with E-state index in [9.17, 15) is 29.4 Å². The second kappa shape index (κ2) is 16.7. The lowest BCUT2D eigenvalue weighted by Gasteiger charge is -2.32. The minimum atomic E-state index is -1.65. The topological polar surface area (TPSA) is 219 Å². The first-order valence-corrected chi connectivity index (χ1v) is 18.1. The molecule has 1 aliphatic heterocycles. The minimum Gasteiger partial charge on any atom is -0.384 e. The maximum Gasteiger partial charge on any atom is 0.251 e. The highest BCUT2D eigenvalue weighted by Crippen LogP contribution is 2.34. The molecule has 276 valence electrons. The zero-order valence-corrected chi connectivity index (χ0v) is 29.5. The highest BCUT2D eigenvalue weighted by atomic mass is 16.3. The third-order valence-corrected chi connectivity index (χ3v) is 10.3. The Morgan fingerprint density at radius 3 is 2.43 bits per heavy atom. The lowest BCUT2D eigenvalue weighted by atomic mass is 9.84. The van der Waals surface area contributed by atoms with E-state index in [1.807, 2.05) is 30.3 Å². The van der Waals surface area contributed by atoms with Gasteiger partial charge in [0.25, 0.3) is 5.91 Å². The van der Waals surface area contributed by atoms with Gasteiger partial charge in [-0.25, -0.2) is 4.68 Å². The van der Waals surface area contributed by atoms with Crippen molar-refractivity contribution in [3.05, 3.63) is 59.9 Å². The average molecular weight is 705 g/mol. The number of carbonyl (C=O) groups is 4. The molecule has 14 nitrogen and oxygen atoms in total. The fourth-order valence-corrected chi connectivity index (χ4v) is 7.48. The second-order valence-electron chi connectivity index (χ2n) is 14.6. The SMILES string of the molecule is CC(C)(O)c1cnnn1[C@H]1C[C@@H](C(=O)NC(CCCCN)C(O)C(N)=O)N(C(=O)C(CC2CCCCC2)NC(=O)c2ccc3ccccc3c2)C1. The lowest BCUT2D eigenvalue weighted by Crippen LogP contribution is -2.57. The van der Waals surface area contributed by atoms with Gasteiger partial charge in [-0.2, -0.15) is 0 Å². The van der Waals surface area contributed by atoms with E-state index in [0.29, 0.717) is 37.1 Å². The van der Waals surface area contributed by atoms with Gasteiger partial charge in [0.15, 0.2) is 6.10 Å². The summed E-state index contributed by atoms with van der Waals surface area (Å²) in [5, 5.41) is 37.4. The Labute approximate surface area is 298 Å². The normalized spacial score (nSPS) is 20.1. The molecule has 51 heavy (non-hydrogen) atoms. The molecule has 2 aromatic carbocycles. The zero-order chi connectivity index (χ0) is 36.7. The van der Waals surface area contributed by atoms with Crippen molar-refractivity contribution in [1.82, 2.24) is 30.5 Å². The van der Waals surface area contributed by atoms with Gasteiger partial charge in [0.2, 0.25) is 17.7 Å². The molecule has 1 saturated carbocycles. The fourth-order valence-electron chi connectivity index (χ4n) is 7.48. The van der Waals surface area contributed by atoms with Crippen LogP contribution in [0.25, 0.3) is 10.8 Å². The molecule has 3 unspecified atom stereocenters. The van der Waals surface area contributed by atoms with Crippen molar-refractivity contribution in [3.8, 4) is 0 Å². The van der Waals surface area contributed by atoms with Crippen LogP contribution in [0, 0.1) is 5.92 Å². The summed E-state index contributed by atoms with van der Waals surface area (Å²) in [5.41, 5.74) is 10.6. The van der Waals surface area contributed by atoms with Crippen LogP contribution in [0.5, 0.6) is 0 Å². The molecule has 0 radical (unpaired) electrons. The summed E-state index contributed by atoms with van der Waals surface area (Å²) in [6, 6.07) is 9.60. The molecule has 0 bridgehead atoms. The van der Waals surface area contributed by atoms with Crippen molar-refractivity contribution in [3.63, 3.8) is 0 Å². The van der Waals surface area contributed by atoms with Crippen molar-refractivity contribution in [2.75, 3.05) is 13.1 Å². The molecular formula is C37H52N8O6. The van der Waals surface area contributed by atoms with E-state index in [0.717, 1.165) is 42.9 Å². The van der Waals surface area contributed by atoms with Crippen molar-refractivity contribution < 1.29 is 29.4 Å². The van der Waals surface area contributed by atoms with E-state index in [4.69, 9.17) is 11.5 Å². The molecule has 1 aliphatic carbocycles. The number of aliphatic hydroxyl groups excluding tert-OH is 1. The Bertz CT molecular complexity index is 1680. The molecule has 2 fully saturated rings. The third-order valence-electron chi connectivity index (χ3n) is 10.3. The van der Waals surface area contributed by atoms with E-state index < -0.39 is 59.5 Å². The highest BCUT2D eigenvalue weighted by molar-refractivity contribution is 6.01. The minimum absolute atomic E-state index is 0.0482. The quantitative estimate of drug-likeness (QED) is 0.127. The molecule has 3 aromatic rings. The van der Waals surface area contributed by atoms with Crippen LogP contribution in [0.15, 0.2) is 48.7 Å². The predicted octanol–water partition coefficient (Wildman–Crippen LogP) is 2.03. The van der Waals surface area contributed by atoms with Crippen molar-refractivity contribution >= 4 is 34.4 Å². The number of nitrogens with one attached hydrogen (secondary N) is 2. The number of amides is 4. The number of hydrogen-bond acceptors (Lipinski definition) is 9. The summed E-state index contributed by atoms with van der Waals surface area (Å²) in [5.74, 6) is -2.16. The van der Waals surface area contributed by atoms with E-state index in [1.165, 1.54) is 15.8 Å². The Morgan fingerprint density at radius 2 is 1.75 bits per heavy atom. The molecule has 5 atom stereocenters. The van der Waals surface area contributed by atoms with Gasteiger partial charge >= 0.3 is 0 Å². The molecule has 14 heteroatoms. The van der Waals surface area contributed by atoms with Gasteiger partial charge in [0, 0.05) is 18.5 Å². The summed E-state index contributed by atoms with van der Waals surface area (Å²) >= 11 is 0. The number of hydrogen-bond donors (Lipinski definition) is 6. The molecule has 5 rings (SSSR count). The molecule has 4 amide bonds. The van der Waals surface area contributed by atoms with Crippen LogP contribution < -0.4 is 22.1 Å². The fraction of sp³-hybridized carbons (Fsp3) is 0.568. The number of nitrogens with zero attached hydrogens (tertiary/aromatic N) is 4. The molecular weight excluding hydrogens is 652 g/mol. The van der Waals surface area contributed by atoms with Gasteiger partial charge in [0.1, 0.15) is 17.7 Å². The van der Waals surface area contributed by atoms with Crippen LogP contribution in [-0.2, 0) is 20.0 Å². The van der Waals surface area contributed by atoms with Gasteiger partial charge in [-0.1, -0.05) is 74.1 Å². The number of unbranched alkanes of at least 4 members (excludes halogenated alkanes) is 1. The average Bonchev–Trinajstić information content (AvgIpc) is 3.79. The third kappa shape index (κ3) is 9.29.